The Labute approximate surface area is 157 Å². The third kappa shape index (κ3) is 5.92. The van der Waals surface area contributed by atoms with Crippen LogP contribution in [0.3, 0.4) is 0 Å². The zero-order valence-electron chi connectivity index (χ0n) is 13.7. The molecular formula is C18H19ClN2O3S. The van der Waals surface area contributed by atoms with Crippen LogP contribution in [0.4, 0.5) is 5.69 Å². The molecule has 25 heavy (non-hydrogen) atoms. The number of carbonyl (C=O) groups is 1. The van der Waals surface area contributed by atoms with Crippen LogP contribution in [0.1, 0.15) is 30.1 Å². The van der Waals surface area contributed by atoms with Gasteiger partial charge in [0, 0.05) is 10.6 Å². The molecule has 0 aliphatic carbocycles. The molecule has 0 atom stereocenters. The molecule has 0 fully saturated rings. The Morgan fingerprint density at radius 3 is 2.84 bits per heavy atom. The number of phenols is 1. The second-order valence-electron chi connectivity index (χ2n) is 5.30. The number of nitrogens with one attached hydrogen (secondary N) is 2. The lowest BCUT2D eigenvalue weighted by molar-refractivity contribution is 0.0977. The van der Waals surface area contributed by atoms with Crippen molar-refractivity contribution in [1.82, 2.24) is 5.32 Å². The second-order valence-corrected chi connectivity index (χ2v) is 6.14. The highest BCUT2D eigenvalue weighted by molar-refractivity contribution is 7.80. The molecule has 0 spiro atoms. The Hall–Kier alpha value is -2.31. The zero-order chi connectivity index (χ0) is 18.2. The fourth-order valence-electron chi connectivity index (χ4n) is 2.00. The van der Waals surface area contributed by atoms with Crippen molar-refractivity contribution in [3.8, 4) is 11.5 Å². The van der Waals surface area contributed by atoms with E-state index in [1.54, 1.807) is 30.3 Å². The van der Waals surface area contributed by atoms with Gasteiger partial charge in [0.1, 0.15) is 11.5 Å². The van der Waals surface area contributed by atoms with Crippen molar-refractivity contribution < 1.29 is 14.6 Å². The molecular weight excluding hydrogens is 360 g/mol. The molecule has 132 valence electrons. The normalized spacial score (nSPS) is 10.2. The SMILES string of the molecule is CCCCOc1cccc(C(=O)NC(=S)Nc2cc(Cl)ccc2O)c1. The van der Waals surface area contributed by atoms with E-state index in [9.17, 15) is 9.90 Å². The Morgan fingerprint density at radius 2 is 2.08 bits per heavy atom. The van der Waals surface area contributed by atoms with Gasteiger partial charge in [0.25, 0.3) is 5.91 Å². The number of ether oxygens (including phenoxy) is 1. The van der Waals surface area contributed by atoms with Crippen molar-refractivity contribution in [2.24, 2.45) is 0 Å². The smallest absolute Gasteiger partial charge is 0.257 e. The molecule has 2 aromatic rings. The maximum atomic E-state index is 12.3. The molecule has 3 N–H and O–H groups in total. The van der Waals surface area contributed by atoms with E-state index in [4.69, 9.17) is 28.6 Å². The van der Waals surface area contributed by atoms with E-state index >= 15 is 0 Å². The number of hydrogen-bond acceptors (Lipinski definition) is 4. The van der Waals surface area contributed by atoms with Crippen molar-refractivity contribution in [2.75, 3.05) is 11.9 Å². The molecule has 0 saturated carbocycles. The summed E-state index contributed by atoms with van der Waals surface area (Å²) in [7, 11) is 0. The molecule has 0 bridgehead atoms. The topological polar surface area (TPSA) is 70.6 Å². The fourth-order valence-corrected chi connectivity index (χ4v) is 2.37. The number of benzene rings is 2. The lowest BCUT2D eigenvalue weighted by atomic mass is 10.2. The van der Waals surface area contributed by atoms with Crippen molar-refractivity contribution in [3.63, 3.8) is 0 Å². The lowest BCUT2D eigenvalue weighted by Crippen LogP contribution is -2.34. The number of halogens is 1. The summed E-state index contributed by atoms with van der Waals surface area (Å²) >= 11 is 11.0. The molecule has 0 aliphatic heterocycles. The summed E-state index contributed by atoms with van der Waals surface area (Å²) in [6, 6.07) is 11.4. The predicted molar refractivity (Wildman–Crippen MR) is 104 cm³/mol. The molecule has 7 heteroatoms. The van der Waals surface area contributed by atoms with Gasteiger partial charge in [0.15, 0.2) is 5.11 Å². The Bertz CT molecular complexity index is 768. The number of aromatic hydroxyl groups is 1. The summed E-state index contributed by atoms with van der Waals surface area (Å²) in [5.41, 5.74) is 0.739. The summed E-state index contributed by atoms with van der Waals surface area (Å²) in [4.78, 5) is 12.3. The lowest BCUT2D eigenvalue weighted by Gasteiger charge is -2.12. The first-order valence-electron chi connectivity index (χ1n) is 7.83. The van der Waals surface area contributed by atoms with Gasteiger partial charge in [-0.15, -0.1) is 0 Å². The number of phenolic OH excluding ortho intramolecular Hbond substituents is 1. The molecule has 5 nitrogen and oxygen atoms in total. The number of amides is 1. The first kappa shape index (κ1) is 19.0. The second kappa shape index (κ2) is 9.25. The molecule has 0 heterocycles. The van der Waals surface area contributed by atoms with Crippen LogP contribution >= 0.6 is 23.8 Å². The highest BCUT2D eigenvalue weighted by Crippen LogP contribution is 2.26. The van der Waals surface area contributed by atoms with Crippen molar-refractivity contribution in [1.29, 1.82) is 0 Å². The average molecular weight is 379 g/mol. The third-order valence-electron chi connectivity index (χ3n) is 3.30. The van der Waals surface area contributed by atoms with Gasteiger partial charge in [-0.3, -0.25) is 10.1 Å². The monoisotopic (exact) mass is 378 g/mol. The van der Waals surface area contributed by atoms with E-state index in [0.29, 0.717) is 28.6 Å². The Balaban J connectivity index is 1.98. The first-order chi connectivity index (χ1) is 12.0. The van der Waals surface area contributed by atoms with Crippen LogP contribution in [0, 0.1) is 0 Å². The van der Waals surface area contributed by atoms with E-state index in [1.165, 1.54) is 12.1 Å². The standard InChI is InChI=1S/C18H19ClN2O3S/c1-2-3-9-24-14-6-4-5-12(10-14)17(23)21-18(25)20-15-11-13(19)7-8-16(15)22/h4-8,10-11,22H,2-3,9H2,1H3,(H2,20,21,23,25). The van der Waals surface area contributed by atoms with Crippen molar-refractivity contribution >= 4 is 40.5 Å². The molecule has 1 amide bonds. The van der Waals surface area contributed by atoms with Crippen LogP contribution in [-0.4, -0.2) is 22.7 Å². The van der Waals surface area contributed by atoms with E-state index in [0.717, 1.165) is 12.8 Å². The third-order valence-corrected chi connectivity index (χ3v) is 3.74. The van der Waals surface area contributed by atoms with Crippen molar-refractivity contribution in [2.45, 2.75) is 19.8 Å². The minimum atomic E-state index is -0.375. The number of anilines is 1. The van der Waals surface area contributed by atoms with Gasteiger partial charge in [-0.05, 0) is 55.0 Å². The van der Waals surface area contributed by atoms with Crippen LogP contribution in [0.2, 0.25) is 5.02 Å². The minimum Gasteiger partial charge on any atom is -0.506 e. The zero-order valence-corrected chi connectivity index (χ0v) is 15.3. The number of thiocarbonyl (C=S) groups is 1. The quantitative estimate of drug-likeness (QED) is 0.396. The molecule has 0 radical (unpaired) electrons. The molecule has 0 aliphatic rings. The maximum absolute atomic E-state index is 12.3. The van der Waals surface area contributed by atoms with E-state index in [1.807, 2.05) is 0 Å². The van der Waals surface area contributed by atoms with Gasteiger partial charge in [-0.25, -0.2) is 0 Å². The Kier molecular flexibility index (Phi) is 7.03. The highest BCUT2D eigenvalue weighted by atomic mass is 35.5. The summed E-state index contributed by atoms with van der Waals surface area (Å²) in [5.74, 6) is 0.236. The van der Waals surface area contributed by atoms with Gasteiger partial charge in [-0.2, -0.15) is 0 Å². The van der Waals surface area contributed by atoms with Crippen LogP contribution in [0.15, 0.2) is 42.5 Å². The number of unbranched alkanes of at least 4 members (excludes halogenated alkanes) is 1. The first-order valence-corrected chi connectivity index (χ1v) is 8.62. The summed E-state index contributed by atoms with van der Waals surface area (Å²) in [6.07, 6.45) is 1.99. The summed E-state index contributed by atoms with van der Waals surface area (Å²) < 4.78 is 5.59. The predicted octanol–water partition coefficient (Wildman–Crippen LogP) is 4.35. The van der Waals surface area contributed by atoms with Crippen molar-refractivity contribution in [3.05, 3.63) is 53.1 Å². The van der Waals surface area contributed by atoms with Crippen LogP contribution in [0.5, 0.6) is 11.5 Å². The minimum absolute atomic E-state index is 0.0210. The van der Waals surface area contributed by atoms with Gasteiger partial charge in [0.2, 0.25) is 0 Å². The average Bonchev–Trinajstić information content (AvgIpc) is 2.58. The molecule has 0 aromatic heterocycles. The highest BCUT2D eigenvalue weighted by Gasteiger charge is 2.11. The van der Waals surface area contributed by atoms with Crippen LogP contribution < -0.4 is 15.4 Å². The van der Waals surface area contributed by atoms with Gasteiger partial charge < -0.3 is 15.2 Å². The molecule has 2 rings (SSSR count). The van der Waals surface area contributed by atoms with E-state index < -0.39 is 0 Å². The molecule has 0 saturated heterocycles. The van der Waals surface area contributed by atoms with Gasteiger partial charge in [0.05, 0.1) is 12.3 Å². The van der Waals surface area contributed by atoms with Crippen LogP contribution in [-0.2, 0) is 0 Å². The summed E-state index contributed by atoms with van der Waals surface area (Å²) in [6.45, 7) is 2.69. The summed E-state index contributed by atoms with van der Waals surface area (Å²) in [5, 5.41) is 15.6. The number of hydrogen-bond donors (Lipinski definition) is 3. The van der Waals surface area contributed by atoms with E-state index in [-0.39, 0.29) is 16.8 Å². The largest absolute Gasteiger partial charge is 0.506 e. The molecule has 2 aromatic carbocycles. The van der Waals surface area contributed by atoms with E-state index in [2.05, 4.69) is 17.6 Å². The Morgan fingerprint density at radius 1 is 1.28 bits per heavy atom. The van der Waals surface area contributed by atoms with Gasteiger partial charge in [-0.1, -0.05) is 31.0 Å². The van der Waals surface area contributed by atoms with Gasteiger partial charge >= 0.3 is 0 Å². The number of rotatable bonds is 6. The fraction of sp³-hybridized carbons (Fsp3) is 0.222. The molecule has 0 unspecified atom stereocenters. The number of carbonyl (C=O) groups excluding carboxylic acids is 1. The maximum Gasteiger partial charge on any atom is 0.257 e. The van der Waals surface area contributed by atoms with Crippen LogP contribution in [0.25, 0.3) is 0 Å².